The molecule has 20 heavy (non-hydrogen) atoms. The monoisotopic (exact) mass is 289 g/mol. The highest BCUT2D eigenvalue weighted by molar-refractivity contribution is 6.31. The van der Waals surface area contributed by atoms with Gasteiger partial charge < -0.3 is 10.5 Å². The third-order valence-corrected chi connectivity index (χ3v) is 3.55. The maximum atomic E-state index is 6.12. The predicted octanol–water partition coefficient (Wildman–Crippen LogP) is 4.89. The van der Waals surface area contributed by atoms with E-state index in [9.17, 15) is 0 Å². The summed E-state index contributed by atoms with van der Waals surface area (Å²) in [5.74, 6) is 1.52. The second-order valence-electron chi connectivity index (χ2n) is 5.83. The first kappa shape index (κ1) is 14.9. The Labute approximate surface area is 125 Å². The van der Waals surface area contributed by atoms with Gasteiger partial charge >= 0.3 is 0 Å². The first-order valence-electron chi connectivity index (χ1n) is 6.67. The Morgan fingerprint density at radius 3 is 2.10 bits per heavy atom. The highest BCUT2D eigenvalue weighted by Gasteiger charge is 2.13. The molecule has 0 bridgehead atoms. The molecule has 2 nitrogen and oxygen atoms in total. The maximum Gasteiger partial charge on any atom is 0.128 e. The molecule has 0 saturated carbocycles. The molecule has 0 radical (unpaired) electrons. The highest BCUT2D eigenvalue weighted by atomic mass is 35.5. The van der Waals surface area contributed by atoms with E-state index in [1.165, 1.54) is 5.56 Å². The molecule has 0 amide bonds. The minimum Gasteiger partial charge on any atom is -0.457 e. The Hall–Kier alpha value is -1.51. The molecule has 0 aliphatic heterocycles. The second kappa shape index (κ2) is 5.86. The summed E-state index contributed by atoms with van der Waals surface area (Å²) >= 11 is 6.12. The van der Waals surface area contributed by atoms with Crippen LogP contribution in [0.4, 0.5) is 0 Å². The van der Waals surface area contributed by atoms with Crippen molar-refractivity contribution in [3.05, 3.63) is 58.6 Å². The quantitative estimate of drug-likeness (QED) is 0.873. The molecule has 2 aromatic rings. The van der Waals surface area contributed by atoms with Crippen molar-refractivity contribution in [3.8, 4) is 11.5 Å². The zero-order chi connectivity index (χ0) is 14.8. The topological polar surface area (TPSA) is 35.2 Å². The summed E-state index contributed by atoms with van der Waals surface area (Å²) in [6.45, 7) is 7.00. The van der Waals surface area contributed by atoms with Crippen molar-refractivity contribution in [3.63, 3.8) is 0 Å². The molecule has 2 aromatic carbocycles. The molecule has 106 valence electrons. The van der Waals surface area contributed by atoms with Gasteiger partial charge in [-0.05, 0) is 40.8 Å². The van der Waals surface area contributed by atoms with Crippen LogP contribution in [-0.4, -0.2) is 0 Å². The van der Waals surface area contributed by atoms with Gasteiger partial charge in [0.1, 0.15) is 11.5 Å². The molecule has 2 rings (SSSR count). The van der Waals surface area contributed by atoms with E-state index in [4.69, 9.17) is 22.1 Å². The van der Waals surface area contributed by atoms with Crippen molar-refractivity contribution in [2.24, 2.45) is 5.73 Å². The van der Waals surface area contributed by atoms with Gasteiger partial charge in [-0.2, -0.15) is 0 Å². The van der Waals surface area contributed by atoms with Crippen molar-refractivity contribution >= 4 is 11.6 Å². The Morgan fingerprint density at radius 2 is 1.60 bits per heavy atom. The van der Waals surface area contributed by atoms with Gasteiger partial charge in [0.05, 0.1) is 0 Å². The lowest BCUT2D eigenvalue weighted by atomic mass is 9.87. The number of hydrogen-bond acceptors (Lipinski definition) is 2. The van der Waals surface area contributed by atoms with Crippen LogP contribution in [-0.2, 0) is 12.0 Å². The molecule has 0 spiro atoms. The van der Waals surface area contributed by atoms with E-state index >= 15 is 0 Å². The summed E-state index contributed by atoms with van der Waals surface area (Å²) in [6, 6.07) is 13.7. The number of halogens is 1. The van der Waals surface area contributed by atoms with E-state index < -0.39 is 0 Å². The summed E-state index contributed by atoms with van der Waals surface area (Å²) in [5, 5.41) is 0.635. The number of rotatable bonds is 3. The van der Waals surface area contributed by atoms with Gasteiger partial charge in [0, 0.05) is 11.6 Å². The fourth-order valence-corrected chi connectivity index (χ4v) is 2.16. The first-order chi connectivity index (χ1) is 9.40. The van der Waals surface area contributed by atoms with Crippen LogP contribution in [0, 0.1) is 0 Å². The van der Waals surface area contributed by atoms with Crippen molar-refractivity contribution in [2.45, 2.75) is 32.7 Å². The van der Waals surface area contributed by atoms with Gasteiger partial charge in [-0.1, -0.05) is 50.6 Å². The predicted molar refractivity (Wildman–Crippen MR) is 84.6 cm³/mol. The summed E-state index contributed by atoms with van der Waals surface area (Å²) in [4.78, 5) is 0. The molecule has 0 aliphatic rings. The fraction of sp³-hybridized carbons (Fsp3) is 0.294. The minimum absolute atomic E-state index is 0.143. The van der Waals surface area contributed by atoms with E-state index in [0.717, 1.165) is 17.1 Å². The zero-order valence-electron chi connectivity index (χ0n) is 12.1. The molecule has 2 N–H and O–H groups in total. The Balaban J connectivity index is 2.16. The highest BCUT2D eigenvalue weighted by Crippen LogP contribution is 2.29. The molecule has 0 unspecified atom stereocenters. The van der Waals surface area contributed by atoms with Crippen LogP contribution in [0.15, 0.2) is 42.5 Å². The summed E-state index contributed by atoms with van der Waals surface area (Å²) in [7, 11) is 0. The van der Waals surface area contributed by atoms with Gasteiger partial charge in [0.25, 0.3) is 0 Å². The lowest BCUT2D eigenvalue weighted by Crippen LogP contribution is -2.10. The number of ether oxygens (including phenoxy) is 1. The molecular formula is C17H20ClNO. The van der Waals surface area contributed by atoms with E-state index in [-0.39, 0.29) is 5.41 Å². The van der Waals surface area contributed by atoms with Gasteiger partial charge in [0.15, 0.2) is 0 Å². The van der Waals surface area contributed by atoms with Crippen LogP contribution in [0.25, 0.3) is 0 Å². The third-order valence-electron chi connectivity index (χ3n) is 3.20. The summed E-state index contributed by atoms with van der Waals surface area (Å²) in [5.41, 5.74) is 7.93. The standard InChI is InChI=1S/C17H20ClNO/c1-17(2,3)13-5-8-14(9-6-13)20-15-7-4-12(11-19)16(18)10-15/h4-10H,11,19H2,1-3H3. The van der Waals surface area contributed by atoms with Crippen molar-refractivity contribution in [2.75, 3.05) is 0 Å². The smallest absolute Gasteiger partial charge is 0.128 e. The van der Waals surface area contributed by atoms with Crippen molar-refractivity contribution in [1.29, 1.82) is 0 Å². The Kier molecular flexibility index (Phi) is 4.36. The third kappa shape index (κ3) is 3.53. The number of benzene rings is 2. The molecule has 0 aromatic heterocycles. The van der Waals surface area contributed by atoms with Crippen LogP contribution in [0.1, 0.15) is 31.9 Å². The van der Waals surface area contributed by atoms with E-state index in [2.05, 4.69) is 32.9 Å². The first-order valence-corrected chi connectivity index (χ1v) is 7.05. The molecule has 0 aliphatic carbocycles. The Bertz CT molecular complexity index is 585. The zero-order valence-corrected chi connectivity index (χ0v) is 12.9. The number of hydrogen-bond donors (Lipinski definition) is 1. The summed E-state index contributed by atoms with van der Waals surface area (Å²) < 4.78 is 5.80. The van der Waals surface area contributed by atoms with E-state index in [1.807, 2.05) is 24.3 Å². The second-order valence-corrected chi connectivity index (χ2v) is 6.24. The van der Waals surface area contributed by atoms with Crippen molar-refractivity contribution < 1.29 is 4.74 Å². The maximum absolute atomic E-state index is 6.12. The summed E-state index contributed by atoms with van der Waals surface area (Å²) in [6.07, 6.45) is 0. The van der Waals surface area contributed by atoms with E-state index in [1.54, 1.807) is 6.07 Å². The normalized spacial score (nSPS) is 11.4. The van der Waals surface area contributed by atoms with Crippen LogP contribution < -0.4 is 10.5 Å². The van der Waals surface area contributed by atoms with E-state index in [0.29, 0.717) is 11.6 Å². The largest absolute Gasteiger partial charge is 0.457 e. The minimum atomic E-state index is 0.143. The van der Waals surface area contributed by atoms with Crippen molar-refractivity contribution in [1.82, 2.24) is 0 Å². The molecule has 0 fully saturated rings. The van der Waals surface area contributed by atoms with Gasteiger partial charge in [-0.15, -0.1) is 0 Å². The molecule has 0 heterocycles. The average Bonchev–Trinajstić information content (AvgIpc) is 2.38. The van der Waals surface area contributed by atoms with Crippen LogP contribution >= 0.6 is 11.6 Å². The molecular weight excluding hydrogens is 270 g/mol. The molecule has 0 atom stereocenters. The van der Waals surface area contributed by atoms with Gasteiger partial charge in [0.2, 0.25) is 0 Å². The van der Waals surface area contributed by atoms with Gasteiger partial charge in [-0.25, -0.2) is 0 Å². The van der Waals surface area contributed by atoms with Crippen LogP contribution in [0.2, 0.25) is 5.02 Å². The van der Waals surface area contributed by atoms with Crippen LogP contribution in [0.3, 0.4) is 0 Å². The van der Waals surface area contributed by atoms with Gasteiger partial charge in [-0.3, -0.25) is 0 Å². The van der Waals surface area contributed by atoms with Crippen LogP contribution in [0.5, 0.6) is 11.5 Å². The lowest BCUT2D eigenvalue weighted by molar-refractivity contribution is 0.481. The Morgan fingerprint density at radius 1 is 1.00 bits per heavy atom. The average molecular weight is 290 g/mol. The fourth-order valence-electron chi connectivity index (χ4n) is 1.92. The molecule has 0 saturated heterocycles. The number of nitrogens with two attached hydrogens (primary N) is 1. The molecule has 3 heteroatoms. The lowest BCUT2D eigenvalue weighted by Gasteiger charge is -2.19. The SMILES string of the molecule is CC(C)(C)c1ccc(Oc2ccc(CN)c(Cl)c2)cc1.